The molecule has 4 rings (SSSR count). The number of carbonyl (C=O) groups excluding carboxylic acids is 2. The topological polar surface area (TPSA) is 92.4 Å². The van der Waals surface area contributed by atoms with Gasteiger partial charge >= 0.3 is 5.97 Å². The van der Waals surface area contributed by atoms with E-state index in [2.05, 4.69) is 21.2 Å². The molecule has 2 heterocycles. The quantitative estimate of drug-likeness (QED) is 0.320. The van der Waals surface area contributed by atoms with Gasteiger partial charge in [0.2, 0.25) is 5.55 Å². The molecule has 0 bridgehead atoms. The highest BCUT2D eigenvalue weighted by atomic mass is 79.9. The fourth-order valence-electron chi connectivity index (χ4n) is 3.05. The van der Waals surface area contributed by atoms with E-state index in [9.17, 15) is 9.59 Å². The van der Waals surface area contributed by atoms with Crippen LogP contribution in [0.5, 0.6) is 0 Å². The molecule has 0 aliphatic heterocycles. The van der Waals surface area contributed by atoms with E-state index in [1.54, 1.807) is 53.9 Å². The first-order valence-corrected chi connectivity index (χ1v) is 11.0. The number of methoxy groups -OCH3 is 1. The third-order valence-corrected chi connectivity index (χ3v) is 6.18. The number of thiophene rings is 1. The number of rotatable bonds is 4. The van der Waals surface area contributed by atoms with E-state index >= 15 is 0 Å². The smallest absolute Gasteiger partial charge is 0.341 e. The minimum absolute atomic E-state index is 0.0443. The van der Waals surface area contributed by atoms with Crippen LogP contribution in [0.1, 0.15) is 20.7 Å². The fraction of sp³-hybridized carbons (Fsp3) is 0.0455. The van der Waals surface area contributed by atoms with Gasteiger partial charge in [0, 0.05) is 25.8 Å². The lowest BCUT2D eigenvalue weighted by atomic mass is 10.0. The highest BCUT2D eigenvalue weighted by Gasteiger charge is 2.23. The minimum atomic E-state index is -0.584. The predicted molar refractivity (Wildman–Crippen MR) is 124 cm³/mol. The van der Waals surface area contributed by atoms with Crippen LogP contribution in [0.3, 0.4) is 0 Å². The molecule has 0 atom stereocenters. The first-order chi connectivity index (χ1) is 14.9. The van der Waals surface area contributed by atoms with Crippen LogP contribution < -0.4 is 10.9 Å². The van der Waals surface area contributed by atoms with Gasteiger partial charge in [-0.2, -0.15) is 0 Å². The predicted octanol–water partition coefficient (Wildman–Crippen LogP) is 6.10. The number of nitrogens with one attached hydrogen (secondary N) is 2. The van der Waals surface area contributed by atoms with Crippen LogP contribution in [0.4, 0.5) is 5.00 Å². The van der Waals surface area contributed by atoms with Crippen LogP contribution in [0, 0.1) is 5.41 Å². The van der Waals surface area contributed by atoms with E-state index in [4.69, 9.17) is 26.2 Å². The van der Waals surface area contributed by atoms with E-state index < -0.39 is 11.9 Å². The van der Waals surface area contributed by atoms with Gasteiger partial charge in [0.15, 0.2) is 0 Å². The summed E-state index contributed by atoms with van der Waals surface area (Å²) in [6.07, 6.45) is 0. The van der Waals surface area contributed by atoms with Gasteiger partial charge in [-0.15, -0.1) is 11.3 Å². The van der Waals surface area contributed by atoms with Crippen molar-refractivity contribution in [2.75, 3.05) is 12.4 Å². The Bertz CT molecular complexity index is 1380. The summed E-state index contributed by atoms with van der Waals surface area (Å²) in [6, 6.07) is 13.9. The maximum Gasteiger partial charge on any atom is 0.341 e. The van der Waals surface area contributed by atoms with Crippen molar-refractivity contribution in [1.29, 1.82) is 5.41 Å². The van der Waals surface area contributed by atoms with Gasteiger partial charge in [-0.25, -0.2) is 4.79 Å². The molecule has 0 unspecified atom stereocenters. The molecule has 2 aromatic carbocycles. The highest BCUT2D eigenvalue weighted by molar-refractivity contribution is 9.10. The number of hydrogen-bond donors (Lipinski definition) is 2. The Morgan fingerprint density at radius 2 is 1.90 bits per heavy atom. The Morgan fingerprint density at radius 3 is 2.61 bits per heavy atom. The standard InChI is InChI=1S/C22H14BrClN2O4S/c1-29-22(28)18-16(11-2-5-14(24)6-3-11)10-31-21(18)26-20(27)15-9-12-8-13(23)4-7-17(12)30-19(15)25/h2-10,25H,1H3,(H,26,27). The van der Waals surface area contributed by atoms with Gasteiger partial charge in [-0.1, -0.05) is 39.7 Å². The zero-order valence-corrected chi connectivity index (χ0v) is 19.2. The first-order valence-electron chi connectivity index (χ1n) is 8.92. The van der Waals surface area contributed by atoms with Crippen LogP contribution in [0.2, 0.25) is 5.02 Å². The van der Waals surface area contributed by atoms with Crippen molar-refractivity contribution in [2.24, 2.45) is 0 Å². The van der Waals surface area contributed by atoms with E-state index in [1.165, 1.54) is 18.4 Å². The van der Waals surface area contributed by atoms with Crippen LogP contribution >= 0.6 is 38.9 Å². The van der Waals surface area contributed by atoms with Crippen molar-refractivity contribution in [3.63, 3.8) is 0 Å². The van der Waals surface area contributed by atoms with Gasteiger partial charge in [0.05, 0.1) is 7.11 Å². The van der Waals surface area contributed by atoms with E-state index in [1.807, 2.05) is 0 Å². The van der Waals surface area contributed by atoms with Crippen molar-refractivity contribution in [3.05, 3.63) is 80.1 Å². The summed E-state index contributed by atoms with van der Waals surface area (Å²) >= 11 is 10.5. The number of fused-ring (bicyclic) bond motifs is 1. The molecular formula is C22H14BrClN2O4S. The minimum Gasteiger partial charge on any atom is -0.465 e. The molecule has 2 N–H and O–H groups in total. The third kappa shape index (κ3) is 4.27. The first kappa shape index (κ1) is 21.3. The number of esters is 1. The molecule has 0 saturated heterocycles. The number of benzene rings is 2. The second kappa shape index (κ2) is 8.66. The van der Waals surface area contributed by atoms with Gasteiger partial charge in [-0.05, 0) is 42.0 Å². The van der Waals surface area contributed by atoms with Crippen molar-refractivity contribution in [3.8, 4) is 11.1 Å². The summed E-state index contributed by atoms with van der Waals surface area (Å²) in [5.41, 5.74) is 1.86. The summed E-state index contributed by atoms with van der Waals surface area (Å²) in [6.45, 7) is 0. The number of anilines is 1. The van der Waals surface area contributed by atoms with Crippen LogP contribution in [0.25, 0.3) is 22.1 Å². The summed E-state index contributed by atoms with van der Waals surface area (Å²) in [4.78, 5) is 25.5. The van der Waals surface area contributed by atoms with Gasteiger partial charge in [0.25, 0.3) is 5.91 Å². The average molecular weight is 518 g/mol. The highest BCUT2D eigenvalue weighted by Crippen LogP contribution is 2.36. The largest absolute Gasteiger partial charge is 0.465 e. The maximum atomic E-state index is 13.0. The normalized spacial score (nSPS) is 10.8. The Balaban J connectivity index is 1.74. The zero-order chi connectivity index (χ0) is 22.1. The molecule has 4 aromatic rings. The Kier molecular flexibility index (Phi) is 5.95. The molecule has 0 aliphatic carbocycles. The molecule has 0 spiro atoms. The lowest BCUT2D eigenvalue weighted by Crippen LogP contribution is -2.21. The molecule has 9 heteroatoms. The molecule has 0 radical (unpaired) electrons. The molecule has 0 fully saturated rings. The summed E-state index contributed by atoms with van der Waals surface area (Å²) in [5, 5.41) is 14.1. The van der Waals surface area contributed by atoms with Crippen molar-refractivity contribution < 1.29 is 18.7 Å². The average Bonchev–Trinajstić information content (AvgIpc) is 3.16. The van der Waals surface area contributed by atoms with Crippen molar-refractivity contribution >= 4 is 66.7 Å². The fourth-order valence-corrected chi connectivity index (χ4v) is 4.50. The summed E-state index contributed by atoms with van der Waals surface area (Å²) in [7, 11) is 1.28. The van der Waals surface area contributed by atoms with E-state index in [-0.39, 0.29) is 16.7 Å². The van der Waals surface area contributed by atoms with Gasteiger partial charge < -0.3 is 14.5 Å². The molecule has 0 aliphatic rings. The number of carbonyl (C=O) groups is 2. The number of hydrogen-bond acceptors (Lipinski definition) is 6. The van der Waals surface area contributed by atoms with E-state index in [0.717, 1.165) is 10.0 Å². The molecule has 31 heavy (non-hydrogen) atoms. The molecule has 2 aromatic heterocycles. The third-order valence-electron chi connectivity index (χ3n) is 4.54. The number of amides is 1. The Hall–Kier alpha value is -2.94. The number of ether oxygens (including phenoxy) is 1. The lowest BCUT2D eigenvalue weighted by Gasteiger charge is -2.08. The van der Waals surface area contributed by atoms with Crippen LogP contribution in [-0.2, 0) is 4.74 Å². The van der Waals surface area contributed by atoms with Crippen molar-refractivity contribution in [2.45, 2.75) is 0 Å². The second-order valence-electron chi connectivity index (χ2n) is 6.48. The second-order valence-corrected chi connectivity index (χ2v) is 8.71. The maximum absolute atomic E-state index is 13.0. The Morgan fingerprint density at radius 1 is 1.16 bits per heavy atom. The molecule has 6 nitrogen and oxygen atoms in total. The summed E-state index contributed by atoms with van der Waals surface area (Å²) < 4.78 is 11.2. The number of halogens is 2. The van der Waals surface area contributed by atoms with Crippen LogP contribution in [0.15, 0.2) is 62.8 Å². The molecule has 1 amide bonds. The monoisotopic (exact) mass is 516 g/mol. The lowest BCUT2D eigenvalue weighted by molar-refractivity contribution is 0.0603. The van der Waals surface area contributed by atoms with Crippen LogP contribution in [-0.4, -0.2) is 19.0 Å². The zero-order valence-electron chi connectivity index (χ0n) is 16.0. The SMILES string of the molecule is COC(=O)c1c(-c2ccc(Cl)cc2)csc1NC(=O)c1cc2cc(Br)ccc2oc1=N. The molecule has 0 saturated carbocycles. The molecule has 156 valence electrons. The van der Waals surface area contributed by atoms with Gasteiger partial charge in [0.1, 0.15) is 21.7 Å². The van der Waals surface area contributed by atoms with Gasteiger partial charge in [-0.3, -0.25) is 10.2 Å². The van der Waals surface area contributed by atoms with Crippen molar-refractivity contribution in [1.82, 2.24) is 0 Å². The molecular weight excluding hydrogens is 504 g/mol. The Labute approximate surface area is 194 Å². The van der Waals surface area contributed by atoms with E-state index in [0.29, 0.717) is 26.6 Å². The summed E-state index contributed by atoms with van der Waals surface area (Å²) in [5.74, 6) is -1.15.